The van der Waals surface area contributed by atoms with E-state index in [1.165, 1.54) is 12.1 Å². The standard InChI is InChI=1S/C22H15F3N4O3/c23-22(24,25)14-2-1-3-16(11-14)27-21(32)26-15-7-4-12(5-8-15)13-6-9-17-18(10-13)28-29-19(17)20(30)31/h1-11H,(H,28,29)(H,30,31)(H2,26,27,32). The van der Waals surface area contributed by atoms with Crippen LogP contribution in [0, 0.1) is 0 Å². The van der Waals surface area contributed by atoms with Crippen molar-refractivity contribution in [3.63, 3.8) is 0 Å². The number of anilines is 2. The van der Waals surface area contributed by atoms with Gasteiger partial charge in [-0.25, -0.2) is 9.59 Å². The number of aromatic nitrogens is 2. The first-order valence-corrected chi connectivity index (χ1v) is 9.28. The molecule has 0 atom stereocenters. The minimum atomic E-state index is -4.50. The number of H-pyrrole nitrogens is 1. The number of carbonyl (C=O) groups is 2. The zero-order valence-corrected chi connectivity index (χ0v) is 16.2. The van der Waals surface area contributed by atoms with Gasteiger partial charge in [-0.1, -0.05) is 24.3 Å². The number of aromatic carboxylic acids is 1. The van der Waals surface area contributed by atoms with Gasteiger partial charge in [0.25, 0.3) is 0 Å². The van der Waals surface area contributed by atoms with E-state index in [2.05, 4.69) is 20.8 Å². The predicted molar refractivity (Wildman–Crippen MR) is 113 cm³/mol. The van der Waals surface area contributed by atoms with Crippen molar-refractivity contribution in [2.45, 2.75) is 6.18 Å². The maximum Gasteiger partial charge on any atom is 0.416 e. The number of carboxylic acid groups (broad SMARTS) is 1. The maximum atomic E-state index is 12.8. The van der Waals surface area contributed by atoms with Gasteiger partial charge in [0, 0.05) is 16.8 Å². The molecule has 1 aromatic heterocycles. The number of nitrogens with one attached hydrogen (secondary N) is 3. The van der Waals surface area contributed by atoms with Crippen LogP contribution in [0.5, 0.6) is 0 Å². The van der Waals surface area contributed by atoms with Crippen LogP contribution < -0.4 is 10.6 Å². The normalized spacial score (nSPS) is 11.3. The Morgan fingerprint density at radius 1 is 0.875 bits per heavy atom. The molecule has 10 heteroatoms. The van der Waals surface area contributed by atoms with E-state index in [9.17, 15) is 22.8 Å². The van der Waals surface area contributed by atoms with Gasteiger partial charge in [-0.15, -0.1) is 0 Å². The number of halogens is 3. The Hall–Kier alpha value is -4.34. The summed E-state index contributed by atoms with van der Waals surface area (Å²) < 4.78 is 38.4. The number of amides is 2. The highest BCUT2D eigenvalue weighted by Crippen LogP contribution is 2.31. The summed E-state index contributed by atoms with van der Waals surface area (Å²) in [6, 6.07) is 15.6. The Kier molecular flexibility index (Phi) is 5.27. The third-order valence-corrected chi connectivity index (χ3v) is 4.69. The summed E-state index contributed by atoms with van der Waals surface area (Å²) in [7, 11) is 0. The summed E-state index contributed by atoms with van der Waals surface area (Å²) in [5.74, 6) is -1.12. The number of alkyl halides is 3. The monoisotopic (exact) mass is 440 g/mol. The summed E-state index contributed by atoms with van der Waals surface area (Å²) in [6.45, 7) is 0. The van der Waals surface area contributed by atoms with Gasteiger partial charge in [-0.2, -0.15) is 18.3 Å². The first-order valence-electron chi connectivity index (χ1n) is 9.28. The number of aromatic amines is 1. The molecule has 4 rings (SSSR count). The molecule has 0 saturated carbocycles. The van der Waals surface area contributed by atoms with E-state index in [1.807, 2.05) is 0 Å². The Morgan fingerprint density at radius 3 is 2.25 bits per heavy atom. The number of urea groups is 1. The zero-order valence-electron chi connectivity index (χ0n) is 16.2. The van der Waals surface area contributed by atoms with Crippen LogP contribution in [0.15, 0.2) is 66.7 Å². The minimum Gasteiger partial charge on any atom is -0.476 e. The van der Waals surface area contributed by atoms with Crippen LogP contribution >= 0.6 is 0 Å². The average molecular weight is 440 g/mol. The summed E-state index contributed by atoms with van der Waals surface area (Å²) >= 11 is 0. The molecule has 0 radical (unpaired) electrons. The van der Waals surface area contributed by atoms with Crippen LogP contribution in [0.2, 0.25) is 0 Å². The number of rotatable bonds is 4. The highest BCUT2D eigenvalue weighted by molar-refractivity contribution is 6.02. The number of nitrogens with zero attached hydrogens (tertiary/aromatic N) is 1. The third-order valence-electron chi connectivity index (χ3n) is 4.69. The van der Waals surface area contributed by atoms with Crippen LogP contribution in [0.4, 0.5) is 29.3 Å². The van der Waals surface area contributed by atoms with Gasteiger partial charge in [0.1, 0.15) is 0 Å². The largest absolute Gasteiger partial charge is 0.476 e. The van der Waals surface area contributed by atoms with Crippen LogP contribution in [0.1, 0.15) is 16.1 Å². The van der Waals surface area contributed by atoms with Crippen molar-refractivity contribution >= 4 is 34.3 Å². The molecule has 4 aromatic rings. The molecule has 0 fully saturated rings. The Morgan fingerprint density at radius 2 is 1.56 bits per heavy atom. The number of hydrogen-bond donors (Lipinski definition) is 4. The van der Waals surface area contributed by atoms with Crippen molar-refractivity contribution in [1.29, 1.82) is 0 Å². The van der Waals surface area contributed by atoms with E-state index in [4.69, 9.17) is 5.11 Å². The van der Waals surface area contributed by atoms with E-state index >= 15 is 0 Å². The maximum absolute atomic E-state index is 12.8. The third kappa shape index (κ3) is 4.38. The van der Waals surface area contributed by atoms with Crippen molar-refractivity contribution in [2.75, 3.05) is 10.6 Å². The molecule has 32 heavy (non-hydrogen) atoms. The predicted octanol–water partition coefficient (Wildman–Crippen LogP) is 5.59. The fourth-order valence-corrected chi connectivity index (χ4v) is 3.17. The van der Waals surface area contributed by atoms with Gasteiger partial charge in [0.2, 0.25) is 0 Å². The summed E-state index contributed by atoms with van der Waals surface area (Å²) in [4.78, 5) is 23.3. The molecular weight excluding hydrogens is 425 g/mol. The number of carbonyl (C=O) groups excluding carboxylic acids is 1. The molecule has 7 nitrogen and oxygen atoms in total. The summed E-state index contributed by atoms with van der Waals surface area (Å²) in [5, 5.41) is 21.0. The van der Waals surface area contributed by atoms with E-state index in [1.54, 1.807) is 42.5 Å². The molecule has 0 aliphatic rings. The van der Waals surface area contributed by atoms with Crippen molar-refractivity contribution in [3.8, 4) is 11.1 Å². The van der Waals surface area contributed by atoms with Crippen molar-refractivity contribution in [1.82, 2.24) is 10.2 Å². The number of hydrogen-bond acceptors (Lipinski definition) is 3. The molecule has 0 aliphatic carbocycles. The summed E-state index contributed by atoms with van der Waals surface area (Å²) in [5.41, 5.74) is 1.72. The molecule has 1 heterocycles. The van der Waals surface area contributed by atoms with Gasteiger partial charge >= 0.3 is 18.2 Å². The van der Waals surface area contributed by atoms with E-state index in [0.717, 1.165) is 23.3 Å². The molecular formula is C22H15F3N4O3. The molecule has 4 N–H and O–H groups in total. The number of carboxylic acids is 1. The van der Waals surface area contributed by atoms with Crippen LogP contribution in [0.25, 0.3) is 22.0 Å². The Labute approximate surface area is 178 Å². The minimum absolute atomic E-state index is 0.0162. The van der Waals surface area contributed by atoms with Gasteiger partial charge in [-0.05, 0) is 53.6 Å². The van der Waals surface area contributed by atoms with Crippen LogP contribution in [0.3, 0.4) is 0 Å². The second-order valence-electron chi connectivity index (χ2n) is 6.87. The second kappa shape index (κ2) is 8.06. The quantitative estimate of drug-likeness (QED) is 0.332. The fourth-order valence-electron chi connectivity index (χ4n) is 3.17. The lowest BCUT2D eigenvalue weighted by atomic mass is 10.0. The Balaban J connectivity index is 1.45. The van der Waals surface area contributed by atoms with Gasteiger partial charge in [-0.3, -0.25) is 5.10 Å². The zero-order chi connectivity index (χ0) is 22.9. The topological polar surface area (TPSA) is 107 Å². The SMILES string of the molecule is O=C(Nc1ccc(-c2ccc3c(C(=O)O)n[nH]c3c2)cc1)Nc1cccc(C(F)(F)F)c1. The first kappa shape index (κ1) is 20.9. The molecule has 0 spiro atoms. The smallest absolute Gasteiger partial charge is 0.416 e. The Bertz CT molecular complexity index is 1310. The highest BCUT2D eigenvalue weighted by Gasteiger charge is 2.30. The van der Waals surface area contributed by atoms with Crippen LogP contribution in [-0.2, 0) is 6.18 Å². The molecule has 162 valence electrons. The van der Waals surface area contributed by atoms with Crippen LogP contribution in [-0.4, -0.2) is 27.3 Å². The molecule has 2 amide bonds. The van der Waals surface area contributed by atoms with Crippen molar-refractivity contribution in [3.05, 3.63) is 78.0 Å². The van der Waals surface area contributed by atoms with Gasteiger partial charge in [0.15, 0.2) is 5.69 Å². The summed E-state index contributed by atoms with van der Waals surface area (Å²) in [6.07, 6.45) is -4.50. The molecule has 0 bridgehead atoms. The lowest BCUT2D eigenvalue weighted by Gasteiger charge is -2.11. The molecule has 0 unspecified atom stereocenters. The number of fused-ring (bicyclic) bond motifs is 1. The van der Waals surface area contributed by atoms with Crippen molar-refractivity contribution < 1.29 is 27.9 Å². The average Bonchev–Trinajstić information content (AvgIpc) is 3.17. The molecule has 0 aliphatic heterocycles. The van der Waals surface area contributed by atoms with E-state index < -0.39 is 23.7 Å². The molecule has 3 aromatic carbocycles. The molecule has 0 saturated heterocycles. The van der Waals surface area contributed by atoms with Crippen molar-refractivity contribution in [2.24, 2.45) is 0 Å². The lowest BCUT2D eigenvalue weighted by Crippen LogP contribution is -2.19. The second-order valence-corrected chi connectivity index (χ2v) is 6.87. The van der Waals surface area contributed by atoms with E-state index in [0.29, 0.717) is 16.6 Å². The lowest BCUT2D eigenvalue weighted by molar-refractivity contribution is -0.137. The van der Waals surface area contributed by atoms with Gasteiger partial charge < -0.3 is 15.7 Å². The van der Waals surface area contributed by atoms with E-state index in [-0.39, 0.29) is 11.4 Å². The number of benzene rings is 3. The first-order chi connectivity index (χ1) is 15.2. The highest BCUT2D eigenvalue weighted by atomic mass is 19.4. The fraction of sp³-hybridized carbons (Fsp3) is 0.0455. The van der Waals surface area contributed by atoms with Gasteiger partial charge in [0.05, 0.1) is 11.1 Å².